The summed E-state index contributed by atoms with van der Waals surface area (Å²) in [6.07, 6.45) is -1.52. The van der Waals surface area contributed by atoms with Gasteiger partial charge in [-0.3, -0.25) is 14.5 Å². The first-order chi connectivity index (χ1) is 16.4. The number of carboxylic acid groups (broad SMARTS) is 1. The predicted octanol–water partition coefficient (Wildman–Crippen LogP) is 0.433. The van der Waals surface area contributed by atoms with Gasteiger partial charge in [-0.15, -0.1) is 38.4 Å². The Balaban J connectivity index is 1.36. The van der Waals surface area contributed by atoms with Crippen LogP contribution in [0.4, 0.5) is 0 Å². The van der Waals surface area contributed by atoms with Crippen molar-refractivity contribution in [3.05, 3.63) is 59.3 Å². The third kappa shape index (κ3) is 3.89. The molecule has 0 spiro atoms. The average molecular weight is 500 g/mol. The third-order valence-electron chi connectivity index (χ3n) is 5.37. The number of nitrogens with zero attached hydrogens (tertiary/aromatic N) is 6. The maximum absolute atomic E-state index is 12.7. The van der Waals surface area contributed by atoms with Crippen molar-refractivity contribution in [2.24, 2.45) is 0 Å². The van der Waals surface area contributed by atoms with Gasteiger partial charge in [-0.25, -0.2) is 4.79 Å². The average Bonchev–Trinajstić information content (AvgIpc) is 3.30. The number of hydrogen-bond acceptors (Lipinski definition) is 10. The quantitative estimate of drug-likeness (QED) is 0.305. The van der Waals surface area contributed by atoms with Crippen molar-refractivity contribution in [2.45, 2.75) is 22.5 Å². The highest BCUT2D eigenvalue weighted by atomic mass is 32.2. The van der Waals surface area contributed by atoms with E-state index in [1.54, 1.807) is 42.5 Å². The number of rotatable bonds is 7. The maximum Gasteiger partial charge on any atom is 0.352 e. The number of benzene rings is 1. The number of β-lactam (4-membered cyclic amide) rings is 1. The molecule has 5 rings (SSSR count). The monoisotopic (exact) mass is 499 g/mol. The molecular weight excluding hydrogens is 482 g/mol. The summed E-state index contributed by atoms with van der Waals surface area (Å²) >= 11 is 2.53. The predicted molar refractivity (Wildman–Crippen MR) is 120 cm³/mol. The van der Waals surface area contributed by atoms with Crippen LogP contribution >= 0.6 is 23.5 Å². The molecule has 2 aliphatic rings. The molecule has 14 heteroatoms. The minimum atomic E-state index is -1.45. The van der Waals surface area contributed by atoms with Crippen LogP contribution in [0.2, 0.25) is 0 Å². The van der Waals surface area contributed by atoms with Crippen molar-refractivity contribution in [3.63, 3.8) is 0 Å². The van der Waals surface area contributed by atoms with Gasteiger partial charge in [-0.1, -0.05) is 30.3 Å². The summed E-state index contributed by atoms with van der Waals surface area (Å²) in [7, 11) is 0. The first kappa shape index (κ1) is 22.3. The molecule has 0 unspecified atom stereocenters. The fourth-order valence-electron chi connectivity index (χ4n) is 3.74. The van der Waals surface area contributed by atoms with Crippen LogP contribution in [0.5, 0.6) is 0 Å². The van der Waals surface area contributed by atoms with Crippen LogP contribution in [-0.2, 0) is 14.4 Å². The molecule has 2 aromatic heterocycles. The number of carboxylic acids is 1. The van der Waals surface area contributed by atoms with Crippen LogP contribution in [0.3, 0.4) is 0 Å². The Morgan fingerprint density at radius 3 is 2.76 bits per heavy atom. The highest BCUT2D eigenvalue weighted by Crippen LogP contribution is 2.48. The van der Waals surface area contributed by atoms with Crippen molar-refractivity contribution < 1.29 is 24.6 Å². The summed E-state index contributed by atoms with van der Waals surface area (Å²) in [6, 6.07) is 11.8. The Hall–Kier alpha value is -3.49. The molecule has 2 atom stereocenters. The molecule has 2 aliphatic heterocycles. The highest BCUT2D eigenvalue weighted by molar-refractivity contribution is 8.01. The summed E-state index contributed by atoms with van der Waals surface area (Å²) < 4.78 is 1.27. The Morgan fingerprint density at radius 1 is 1.24 bits per heavy atom. The number of fused-ring (bicyclic) bond motifs is 2. The fourth-order valence-corrected chi connectivity index (χ4v) is 6.10. The number of aliphatic carboxylic acids is 1. The molecule has 0 radical (unpaired) electrons. The smallest absolute Gasteiger partial charge is 0.352 e. The lowest BCUT2D eigenvalue weighted by Crippen LogP contribution is -2.71. The van der Waals surface area contributed by atoms with E-state index in [4.69, 9.17) is 0 Å². The van der Waals surface area contributed by atoms with Crippen LogP contribution in [0, 0.1) is 0 Å². The van der Waals surface area contributed by atoms with Gasteiger partial charge < -0.3 is 15.5 Å². The van der Waals surface area contributed by atoms with E-state index in [0.29, 0.717) is 21.8 Å². The normalized spacial score (nSPS) is 20.6. The molecule has 1 saturated heterocycles. The molecule has 0 bridgehead atoms. The number of thioether (sulfide) groups is 2. The largest absolute Gasteiger partial charge is 0.477 e. The number of hydrogen-bond donors (Lipinski definition) is 3. The summed E-state index contributed by atoms with van der Waals surface area (Å²) in [4.78, 5) is 37.3. The Kier molecular flexibility index (Phi) is 5.71. The molecular formula is C20H17N7O5S2. The minimum Gasteiger partial charge on any atom is -0.477 e. The van der Waals surface area contributed by atoms with Crippen molar-refractivity contribution in [1.29, 1.82) is 0 Å². The molecule has 0 aliphatic carbocycles. The number of carbonyl (C=O) groups excluding carboxylic acids is 2. The van der Waals surface area contributed by atoms with E-state index in [9.17, 15) is 24.6 Å². The van der Waals surface area contributed by atoms with E-state index < -0.39 is 28.9 Å². The first-order valence-corrected chi connectivity index (χ1v) is 12.0. The molecule has 4 heterocycles. The van der Waals surface area contributed by atoms with E-state index in [-0.39, 0.29) is 23.6 Å². The molecule has 0 saturated carbocycles. The zero-order valence-electron chi connectivity index (χ0n) is 17.4. The lowest BCUT2D eigenvalue weighted by molar-refractivity contribution is -0.156. The molecule has 12 nitrogen and oxygen atoms in total. The van der Waals surface area contributed by atoms with E-state index in [1.165, 1.54) is 28.2 Å². The number of aliphatic hydroxyl groups excluding tert-OH is 1. The van der Waals surface area contributed by atoms with Gasteiger partial charge in [-0.05, 0) is 33.7 Å². The van der Waals surface area contributed by atoms with Crippen molar-refractivity contribution >= 4 is 47.0 Å². The summed E-state index contributed by atoms with van der Waals surface area (Å²) in [5, 5.41) is 38.9. The topological polar surface area (TPSA) is 163 Å². The van der Waals surface area contributed by atoms with E-state index in [2.05, 4.69) is 25.9 Å². The molecule has 34 heavy (non-hydrogen) atoms. The maximum atomic E-state index is 12.7. The Labute approximate surface area is 200 Å². The molecule has 3 aromatic rings. The summed E-state index contributed by atoms with van der Waals surface area (Å²) in [5.74, 6) is -1.87. The molecule has 1 fully saturated rings. The number of nitrogens with one attached hydrogen (secondary N) is 1. The lowest BCUT2D eigenvalue weighted by atomic mass is 10.0. The zero-order valence-corrected chi connectivity index (χ0v) is 19.0. The van der Waals surface area contributed by atoms with Crippen molar-refractivity contribution in [2.75, 3.05) is 11.5 Å². The van der Waals surface area contributed by atoms with Crippen molar-refractivity contribution in [1.82, 2.24) is 35.5 Å². The van der Waals surface area contributed by atoms with Gasteiger partial charge in [-0.2, -0.15) is 0 Å². The second-order valence-electron chi connectivity index (χ2n) is 7.53. The van der Waals surface area contributed by atoms with Crippen LogP contribution < -0.4 is 5.32 Å². The summed E-state index contributed by atoms with van der Waals surface area (Å²) in [6.45, 7) is 0. The van der Waals surface area contributed by atoms with Crippen LogP contribution in [0.15, 0.2) is 58.8 Å². The number of amides is 2. The van der Waals surface area contributed by atoms with Gasteiger partial charge in [0.25, 0.3) is 5.91 Å². The first-order valence-electron chi connectivity index (χ1n) is 10.0. The molecule has 2 amide bonds. The molecule has 1 aromatic carbocycles. The fraction of sp³-hybridized carbons (Fsp3) is 0.250. The van der Waals surface area contributed by atoms with Gasteiger partial charge in [0.05, 0.1) is 6.42 Å². The van der Waals surface area contributed by atoms with Crippen LogP contribution in [-0.4, -0.2) is 74.7 Å². The standard InChI is InChI=1S/C20H17N7O5S2/c28-15-8-20(21-18(30)17(29)11-4-2-1-3-5-11)26(15)16(19(31)32)12(10-34-20)9-33-14-7-6-13-22-24-25-27(13)23-14/h1-7,17,29H,8-10H2,(H,21,30)(H,31,32)/t17-,20+/m1/s1. The zero-order chi connectivity index (χ0) is 23.9. The van der Waals surface area contributed by atoms with Gasteiger partial charge in [0.2, 0.25) is 5.91 Å². The number of aliphatic hydroxyl groups is 1. The van der Waals surface area contributed by atoms with Crippen molar-refractivity contribution in [3.8, 4) is 0 Å². The summed E-state index contributed by atoms with van der Waals surface area (Å²) in [5.41, 5.74) is 1.23. The number of tetrazole rings is 1. The van der Waals surface area contributed by atoms with E-state index >= 15 is 0 Å². The third-order valence-corrected chi connectivity index (χ3v) is 7.77. The minimum absolute atomic E-state index is 0.0698. The Morgan fingerprint density at radius 2 is 2.03 bits per heavy atom. The van der Waals surface area contributed by atoms with Gasteiger partial charge in [0, 0.05) is 11.5 Å². The Bertz CT molecular complexity index is 1330. The van der Waals surface area contributed by atoms with E-state index in [1.807, 2.05) is 0 Å². The highest BCUT2D eigenvalue weighted by Gasteiger charge is 2.58. The van der Waals surface area contributed by atoms with Crippen LogP contribution in [0.25, 0.3) is 5.65 Å². The van der Waals surface area contributed by atoms with Gasteiger partial charge in [0.1, 0.15) is 10.7 Å². The second-order valence-corrected chi connectivity index (χ2v) is 9.77. The van der Waals surface area contributed by atoms with Gasteiger partial charge >= 0.3 is 5.97 Å². The molecule has 3 N–H and O–H groups in total. The molecule has 174 valence electrons. The second kappa shape index (κ2) is 8.70. The number of carbonyl (C=O) groups is 3. The van der Waals surface area contributed by atoms with E-state index in [0.717, 1.165) is 4.90 Å². The van der Waals surface area contributed by atoms with Crippen LogP contribution in [0.1, 0.15) is 18.1 Å². The lowest BCUT2D eigenvalue weighted by Gasteiger charge is -2.54. The SMILES string of the molecule is O=C(O)C1=C(CSc2ccc3nnnn3n2)CS[C@]2(NC(=O)[C@H](O)c3ccccc3)CC(=O)N12. The van der Waals surface area contributed by atoms with Gasteiger partial charge in [0.15, 0.2) is 16.7 Å². The number of aromatic nitrogens is 5.